The van der Waals surface area contributed by atoms with Gasteiger partial charge >= 0.3 is 0 Å². The standard InChI is InChI=1S/C12H18N2O/c1-14-7-6-10(9-14)8-12(15)13-11-4-2-3-5-11/h6-7,9,11H,2-5,8H2,1H3,(H,13,15). The number of rotatable bonds is 3. The summed E-state index contributed by atoms with van der Waals surface area (Å²) in [6, 6.07) is 2.43. The Kier molecular flexibility index (Phi) is 3.09. The van der Waals surface area contributed by atoms with Crippen molar-refractivity contribution in [2.45, 2.75) is 38.1 Å². The predicted molar refractivity (Wildman–Crippen MR) is 59.5 cm³/mol. The van der Waals surface area contributed by atoms with Crippen molar-refractivity contribution in [3.8, 4) is 0 Å². The van der Waals surface area contributed by atoms with Crippen LogP contribution in [0.25, 0.3) is 0 Å². The third-order valence-electron chi connectivity index (χ3n) is 2.98. The van der Waals surface area contributed by atoms with E-state index in [1.54, 1.807) is 0 Å². The monoisotopic (exact) mass is 206 g/mol. The van der Waals surface area contributed by atoms with Gasteiger partial charge in [0.2, 0.25) is 5.91 Å². The topological polar surface area (TPSA) is 34.0 Å². The molecule has 1 N–H and O–H groups in total. The molecule has 1 saturated carbocycles. The van der Waals surface area contributed by atoms with Crippen LogP contribution in [-0.4, -0.2) is 16.5 Å². The van der Waals surface area contributed by atoms with Gasteiger partial charge in [0.05, 0.1) is 6.42 Å². The van der Waals surface area contributed by atoms with E-state index >= 15 is 0 Å². The first-order valence-corrected chi connectivity index (χ1v) is 5.64. The molecule has 3 heteroatoms. The smallest absolute Gasteiger partial charge is 0.224 e. The van der Waals surface area contributed by atoms with Gasteiger partial charge in [-0.15, -0.1) is 0 Å². The molecule has 0 unspecified atom stereocenters. The quantitative estimate of drug-likeness (QED) is 0.801. The van der Waals surface area contributed by atoms with E-state index in [0.717, 1.165) is 18.4 Å². The highest BCUT2D eigenvalue weighted by atomic mass is 16.1. The number of carbonyl (C=O) groups is 1. The van der Waals surface area contributed by atoms with Crippen molar-refractivity contribution >= 4 is 5.91 Å². The highest BCUT2D eigenvalue weighted by Gasteiger charge is 2.17. The van der Waals surface area contributed by atoms with Crippen molar-refractivity contribution < 1.29 is 4.79 Å². The molecular formula is C12H18N2O. The fourth-order valence-corrected chi connectivity index (χ4v) is 2.20. The second kappa shape index (κ2) is 4.51. The minimum atomic E-state index is 0.160. The van der Waals surface area contributed by atoms with E-state index in [4.69, 9.17) is 0 Å². The van der Waals surface area contributed by atoms with Gasteiger partial charge in [0.25, 0.3) is 0 Å². The van der Waals surface area contributed by atoms with Crippen LogP contribution in [0.4, 0.5) is 0 Å². The number of nitrogens with zero attached hydrogens (tertiary/aromatic N) is 1. The van der Waals surface area contributed by atoms with Crippen LogP contribution in [0, 0.1) is 0 Å². The van der Waals surface area contributed by atoms with Crippen molar-refractivity contribution in [2.75, 3.05) is 0 Å². The number of hydrogen-bond acceptors (Lipinski definition) is 1. The summed E-state index contributed by atoms with van der Waals surface area (Å²) in [6.45, 7) is 0. The highest BCUT2D eigenvalue weighted by Crippen LogP contribution is 2.17. The molecule has 1 heterocycles. The average molecular weight is 206 g/mol. The third kappa shape index (κ3) is 2.85. The normalized spacial score (nSPS) is 16.9. The van der Waals surface area contributed by atoms with Gasteiger partial charge in [-0.1, -0.05) is 12.8 Å². The minimum Gasteiger partial charge on any atom is -0.357 e. The SMILES string of the molecule is Cn1ccc(CC(=O)NC2CCCC2)c1. The number of nitrogens with one attached hydrogen (secondary N) is 1. The number of aromatic nitrogens is 1. The highest BCUT2D eigenvalue weighted by molar-refractivity contribution is 5.78. The molecule has 2 rings (SSSR count). The van der Waals surface area contributed by atoms with E-state index in [2.05, 4.69) is 5.32 Å². The predicted octanol–water partition coefficient (Wildman–Crippen LogP) is 1.63. The maximum atomic E-state index is 11.7. The van der Waals surface area contributed by atoms with E-state index in [9.17, 15) is 4.79 Å². The molecule has 0 spiro atoms. The Morgan fingerprint density at radius 3 is 2.87 bits per heavy atom. The molecule has 15 heavy (non-hydrogen) atoms. The minimum absolute atomic E-state index is 0.160. The Bertz CT molecular complexity index is 337. The van der Waals surface area contributed by atoms with Crippen LogP contribution >= 0.6 is 0 Å². The fraction of sp³-hybridized carbons (Fsp3) is 0.583. The van der Waals surface area contributed by atoms with E-state index < -0.39 is 0 Å². The van der Waals surface area contributed by atoms with Gasteiger partial charge < -0.3 is 9.88 Å². The molecule has 0 aromatic carbocycles. The van der Waals surface area contributed by atoms with Crippen molar-refractivity contribution in [1.82, 2.24) is 9.88 Å². The van der Waals surface area contributed by atoms with Crippen molar-refractivity contribution in [1.29, 1.82) is 0 Å². The molecule has 0 aliphatic heterocycles. The summed E-state index contributed by atoms with van der Waals surface area (Å²) in [5.74, 6) is 0.160. The first kappa shape index (κ1) is 10.3. The summed E-state index contributed by atoms with van der Waals surface area (Å²) >= 11 is 0. The van der Waals surface area contributed by atoms with E-state index in [0.29, 0.717) is 12.5 Å². The number of aryl methyl sites for hydroxylation is 1. The Balaban J connectivity index is 1.81. The molecule has 1 fully saturated rings. The maximum Gasteiger partial charge on any atom is 0.224 e. The summed E-state index contributed by atoms with van der Waals surface area (Å²) in [5, 5.41) is 3.09. The van der Waals surface area contributed by atoms with Gasteiger partial charge in [-0.05, 0) is 24.5 Å². The Labute approximate surface area is 90.5 Å². The van der Waals surface area contributed by atoms with E-state index in [1.807, 2.05) is 30.1 Å². The Hall–Kier alpha value is -1.25. The average Bonchev–Trinajstić information content (AvgIpc) is 2.77. The number of hydrogen-bond donors (Lipinski definition) is 1. The second-order valence-corrected chi connectivity index (χ2v) is 4.41. The molecule has 1 aliphatic carbocycles. The van der Waals surface area contributed by atoms with Crippen molar-refractivity contribution in [2.24, 2.45) is 7.05 Å². The molecule has 1 aliphatic rings. The molecule has 1 amide bonds. The first-order valence-electron chi connectivity index (χ1n) is 5.64. The molecule has 0 bridgehead atoms. The van der Waals surface area contributed by atoms with Crippen LogP contribution in [0.1, 0.15) is 31.2 Å². The largest absolute Gasteiger partial charge is 0.357 e. The van der Waals surface area contributed by atoms with Crippen LogP contribution < -0.4 is 5.32 Å². The maximum absolute atomic E-state index is 11.7. The molecule has 1 aromatic rings. The Morgan fingerprint density at radius 1 is 1.53 bits per heavy atom. The molecule has 3 nitrogen and oxygen atoms in total. The molecule has 0 radical (unpaired) electrons. The third-order valence-corrected chi connectivity index (χ3v) is 2.98. The van der Waals surface area contributed by atoms with Crippen LogP contribution in [0.2, 0.25) is 0 Å². The van der Waals surface area contributed by atoms with E-state index in [-0.39, 0.29) is 5.91 Å². The molecule has 0 atom stereocenters. The fourth-order valence-electron chi connectivity index (χ4n) is 2.20. The molecular weight excluding hydrogens is 188 g/mol. The zero-order valence-electron chi connectivity index (χ0n) is 9.20. The lowest BCUT2D eigenvalue weighted by Crippen LogP contribution is -2.33. The van der Waals surface area contributed by atoms with Crippen LogP contribution in [-0.2, 0) is 18.3 Å². The molecule has 0 saturated heterocycles. The summed E-state index contributed by atoms with van der Waals surface area (Å²) in [4.78, 5) is 11.7. The Morgan fingerprint density at radius 2 is 2.27 bits per heavy atom. The van der Waals surface area contributed by atoms with E-state index in [1.165, 1.54) is 12.8 Å². The van der Waals surface area contributed by atoms with Gasteiger partial charge in [-0.3, -0.25) is 4.79 Å². The van der Waals surface area contributed by atoms with Crippen molar-refractivity contribution in [3.05, 3.63) is 24.0 Å². The van der Waals surface area contributed by atoms with Crippen LogP contribution in [0.5, 0.6) is 0 Å². The van der Waals surface area contributed by atoms with Gasteiger partial charge in [-0.2, -0.15) is 0 Å². The number of carbonyl (C=O) groups excluding carboxylic acids is 1. The van der Waals surface area contributed by atoms with Gasteiger partial charge in [0.15, 0.2) is 0 Å². The summed E-state index contributed by atoms with van der Waals surface area (Å²) in [5.41, 5.74) is 1.09. The second-order valence-electron chi connectivity index (χ2n) is 4.41. The van der Waals surface area contributed by atoms with Gasteiger partial charge in [0.1, 0.15) is 0 Å². The lowest BCUT2D eigenvalue weighted by Gasteiger charge is -2.10. The zero-order valence-corrected chi connectivity index (χ0v) is 9.20. The summed E-state index contributed by atoms with van der Waals surface area (Å²) in [6.07, 6.45) is 9.30. The van der Waals surface area contributed by atoms with Crippen LogP contribution in [0.15, 0.2) is 18.5 Å². The number of amides is 1. The van der Waals surface area contributed by atoms with Crippen molar-refractivity contribution in [3.63, 3.8) is 0 Å². The zero-order chi connectivity index (χ0) is 10.7. The summed E-state index contributed by atoms with van der Waals surface area (Å²) < 4.78 is 1.97. The molecule has 1 aromatic heterocycles. The van der Waals surface area contributed by atoms with Crippen LogP contribution in [0.3, 0.4) is 0 Å². The van der Waals surface area contributed by atoms with Gasteiger partial charge in [-0.25, -0.2) is 0 Å². The first-order chi connectivity index (χ1) is 7.24. The molecule has 82 valence electrons. The van der Waals surface area contributed by atoms with Gasteiger partial charge in [0, 0.05) is 25.5 Å². The summed E-state index contributed by atoms with van der Waals surface area (Å²) in [7, 11) is 1.97. The lowest BCUT2D eigenvalue weighted by molar-refractivity contribution is -0.121. The lowest BCUT2D eigenvalue weighted by atomic mass is 10.2.